The van der Waals surface area contributed by atoms with E-state index in [1.165, 1.54) is 32.1 Å². The lowest BCUT2D eigenvalue weighted by Crippen LogP contribution is -2.48. The van der Waals surface area contributed by atoms with E-state index in [0.29, 0.717) is 12.6 Å². The molecule has 3 heteroatoms. The molecular weight excluding hydrogens is 224 g/mol. The Morgan fingerprint density at radius 2 is 1.78 bits per heavy atom. The molecule has 3 nitrogen and oxygen atoms in total. The molecular formula is C15H30N2O. The fraction of sp³-hybridized carbons (Fsp3) is 0.933. The molecule has 0 aromatic carbocycles. The van der Waals surface area contributed by atoms with Crippen LogP contribution < -0.4 is 10.6 Å². The van der Waals surface area contributed by atoms with Gasteiger partial charge in [-0.1, -0.05) is 20.3 Å². The first-order valence-electron chi connectivity index (χ1n) is 7.51. The van der Waals surface area contributed by atoms with Crippen molar-refractivity contribution < 1.29 is 4.79 Å². The lowest BCUT2D eigenvalue weighted by molar-refractivity contribution is -0.122. The van der Waals surface area contributed by atoms with Gasteiger partial charge in [-0.3, -0.25) is 4.79 Å². The number of rotatable bonds is 6. The van der Waals surface area contributed by atoms with Crippen LogP contribution in [0.4, 0.5) is 0 Å². The summed E-state index contributed by atoms with van der Waals surface area (Å²) in [5, 5.41) is 6.46. The molecule has 0 bridgehead atoms. The monoisotopic (exact) mass is 254 g/mol. The van der Waals surface area contributed by atoms with Crippen molar-refractivity contribution in [1.29, 1.82) is 0 Å². The predicted molar refractivity (Wildman–Crippen MR) is 76.6 cm³/mol. The van der Waals surface area contributed by atoms with Crippen LogP contribution in [0.3, 0.4) is 0 Å². The normalized spacial score (nSPS) is 24.9. The van der Waals surface area contributed by atoms with E-state index < -0.39 is 0 Å². The Labute approximate surface area is 112 Å². The molecule has 1 amide bonds. The number of carbonyl (C=O) groups excluding carboxylic acids is 1. The maximum atomic E-state index is 11.8. The van der Waals surface area contributed by atoms with Gasteiger partial charge in [0.1, 0.15) is 0 Å². The zero-order valence-corrected chi connectivity index (χ0v) is 12.5. The van der Waals surface area contributed by atoms with Crippen LogP contribution in [0.1, 0.15) is 66.2 Å². The molecule has 1 aliphatic carbocycles. The highest BCUT2D eigenvalue weighted by Crippen LogP contribution is 2.26. The molecule has 106 valence electrons. The highest BCUT2D eigenvalue weighted by atomic mass is 16.2. The van der Waals surface area contributed by atoms with E-state index in [0.717, 1.165) is 12.3 Å². The van der Waals surface area contributed by atoms with Crippen LogP contribution >= 0.6 is 0 Å². The fourth-order valence-electron chi connectivity index (χ4n) is 2.52. The van der Waals surface area contributed by atoms with E-state index in [4.69, 9.17) is 0 Å². The lowest BCUT2D eigenvalue weighted by Gasteiger charge is -2.29. The summed E-state index contributed by atoms with van der Waals surface area (Å²) in [7, 11) is 0. The van der Waals surface area contributed by atoms with E-state index in [2.05, 4.69) is 38.3 Å². The Balaban J connectivity index is 2.19. The Morgan fingerprint density at radius 1 is 1.17 bits per heavy atom. The molecule has 0 saturated heterocycles. The molecule has 1 rings (SSSR count). The van der Waals surface area contributed by atoms with Crippen LogP contribution in [0.15, 0.2) is 0 Å². The molecule has 0 unspecified atom stereocenters. The summed E-state index contributed by atoms with van der Waals surface area (Å²) >= 11 is 0. The Hall–Kier alpha value is -0.570. The summed E-state index contributed by atoms with van der Waals surface area (Å²) in [5.74, 6) is 1.04. The molecule has 0 radical (unpaired) electrons. The van der Waals surface area contributed by atoms with E-state index in [1.54, 1.807) is 0 Å². The van der Waals surface area contributed by atoms with Crippen molar-refractivity contribution in [2.24, 2.45) is 5.92 Å². The minimum Gasteiger partial charge on any atom is -0.350 e. The number of hydrogen-bond acceptors (Lipinski definition) is 2. The average molecular weight is 254 g/mol. The number of hydrogen-bond donors (Lipinski definition) is 2. The van der Waals surface area contributed by atoms with Crippen LogP contribution in [0.25, 0.3) is 0 Å². The molecule has 0 atom stereocenters. The summed E-state index contributed by atoms with van der Waals surface area (Å²) in [5.41, 5.74) is -0.0847. The standard InChI is InChI=1S/C15H30N2O/c1-5-12-7-9-13(10-8-12)16-11-14(18)17-15(3,4)6-2/h12-13,16H,5-11H2,1-4H3,(H,17,18). The van der Waals surface area contributed by atoms with Crippen molar-refractivity contribution in [3.8, 4) is 0 Å². The highest BCUT2D eigenvalue weighted by molar-refractivity contribution is 5.78. The fourth-order valence-corrected chi connectivity index (χ4v) is 2.52. The summed E-state index contributed by atoms with van der Waals surface area (Å²) in [6.07, 6.45) is 7.34. The molecule has 18 heavy (non-hydrogen) atoms. The second-order valence-corrected chi connectivity index (χ2v) is 6.29. The number of amides is 1. The molecule has 0 aliphatic heterocycles. The number of nitrogens with one attached hydrogen (secondary N) is 2. The topological polar surface area (TPSA) is 41.1 Å². The Morgan fingerprint density at radius 3 is 2.28 bits per heavy atom. The Bertz CT molecular complexity index is 255. The van der Waals surface area contributed by atoms with Gasteiger partial charge in [-0.2, -0.15) is 0 Å². The second-order valence-electron chi connectivity index (χ2n) is 6.29. The minimum atomic E-state index is -0.0847. The zero-order chi connectivity index (χ0) is 13.6. The number of carbonyl (C=O) groups is 1. The van der Waals surface area contributed by atoms with Gasteiger partial charge in [-0.05, 0) is 51.9 Å². The zero-order valence-electron chi connectivity index (χ0n) is 12.5. The largest absolute Gasteiger partial charge is 0.350 e. The quantitative estimate of drug-likeness (QED) is 0.765. The van der Waals surface area contributed by atoms with E-state index in [1.807, 2.05) is 0 Å². The van der Waals surface area contributed by atoms with Gasteiger partial charge in [0.05, 0.1) is 6.54 Å². The van der Waals surface area contributed by atoms with Crippen LogP contribution in [0, 0.1) is 5.92 Å². The van der Waals surface area contributed by atoms with Crippen molar-refractivity contribution in [2.75, 3.05) is 6.54 Å². The minimum absolute atomic E-state index is 0.0847. The van der Waals surface area contributed by atoms with E-state index in [9.17, 15) is 4.79 Å². The maximum Gasteiger partial charge on any atom is 0.234 e. The SMILES string of the molecule is CCC1CCC(NCC(=O)NC(C)(C)CC)CC1. The molecule has 0 spiro atoms. The summed E-state index contributed by atoms with van der Waals surface area (Å²) in [4.78, 5) is 11.8. The Kier molecular flexibility index (Phi) is 6.13. The van der Waals surface area contributed by atoms with Gasteiger partial charge >= 0.3 is 0 Å². The third-order valence-electron chi connectivity index (χ3n) is 4.34. The van der Waals surface area contributed by atoms with Gasteiger partial charge in [-0.25, -0.2) is 0 Å². The molecule has 0 aromatic rings. The molecule has 0 heterocycles. The van der Waals surface area contributed by atoms with Crippen molar-refractivity contribution in [1.82, 2.24) is 10.6 Å². The van der Waals surface area contributed by atoms with Crippen molar-refractivity contribution >= 4 is 5.91 Å². The summed E-state index contributed by atoms with van der Waals surface area (Å²) in [6, 6.07) is 0.545. The molecule has 1 aliphatic rings. The molecule has 1 saturated carbocycles. The van der Waals surface area contributed by atoms with Gasteiger partial charge < -0.3 is 10.6 Å². The second kappa shape index (κ2) is 7.13. The maximum absolute atomic E-state index is 11.8. The van der Waals surface area contributed by atoms with Crippen LogP contribution in [-0.4, -0.2) is 24.0 Å². The summed E-state index contributed by atoms with van der Waals surface area (Å²) in [6.45, 7) is 8.97. The van der Waals surface area contributed by atoms with E-state index in [-0.39, 0.29) is 11.4 Å². The van der Waals surface area contributed by atoms with Crippen LogP contribution in [0.5, 0.6) is 0 Å². The average Bonchev–Trinajstić information content (AvgIpc) is 2.36. The van der Waals surface area contributed by atoms with Crippen molar-refractivity contribution in [2.45, 2.75) is 77.8 Å². The predicted octanol–water partition coefficient (Wildman–Crippen LogP) is 2.85. The van der Waals surface area contributed by atoms with Gasteiger partial charge in [0, 0.05) is 11.6 Å². The van der Waals surface area contributed by atoms with Crippen LogP contribution in [0.2, 0.25) is 0 Å². The first-order valence-corrected chi connectivity index (χ1v) is 7.51. The molecule has 0 aromatic heterocycles. The third-order valence-corrected chi connectivity index (χ3v) is 4.34. The van der Waals surface area contributed by atoms with E-state index >= 15 is 0 Å². The first-order chi connectivity index (χ1) is 8.46. The smallest absolute Gasteiger partial charge is 0.234 e. The lowest BCUT2D eigenvalue weighted by atomic mass is 9.84. The van der Waals surface area contributed by atoms with Crippen molar-refractivity contribution in [3.63, 3.8) is 0 Å². The van der Waals surface area contributed by atoms with Gasteiger partial charge in [0.2, 0.25) is 5.91 Å². The van der Waals surface area contributed by atoms with Gasteiger partial charge in [0.15, 0.2) is 0 Å². The van der Waals surface area contributed by atoms with Gasteiger partial charge in [-0.15, -0.1) is 0 Å². The first kappa shape index (κ1) is 15.5. The van der Waals surface area contributed by atoms with Crippen LogP contribution in [-0.2, 0) is 4.79 Å². The summed E-state index contributed by atoms with van der Waals surface area (Å²) < 4.78 is 0. The highest BCUT2D eigenvalue weighted by Gasteiger charge is 2.21. The van der Waals surface area contributed by atoms with Gasteiger partial charge in [0.25, 0.3) is 0 Å². The third kappa shape index (κ3) is 5.38. The molecule has 1 fully saturated rings. The van der Waals surface area contributed by atoms with Crippen molar-refractivity contribution in [3.05, 3.63) is 0 Å². The molecule has 2 N–H and O–H groups in total.